The second-order valence-electron chi connectivity index (χ2n) is 6.07. The number of hydrogen-bond acceptors (Lipinski definition) is 3. The van der Waals surface area contributed by atoms with E-state index in [2.05, 4.69) is 32.7 Å². The molecule has 1 atom stereocenters. The zero-order valence-electron chi connectivity index (χ0n) is 13.3. The van der Waals surface area contributed by atoms with Crippen LogP contribution in [-0.2, 0) is 21.4 Å². The fraction of sp³-hybridized carbons (Fsp3) is 0.412. The molecule has 0 saturated carbocycles. The van der Waals surface area contributed by atoms with Crippen molar-refractivity contribution in [3.05, 3.63) is 48.0 Å². The molecule has 0 unspecified atom stereocenters. The smallest absolute Gasteiger partial charge is 0.408 e. The third kappa shape index (κ3) is 5.60. The van der Waals surface area contributed by atoms with E-state index >= 15 is 0 Å². The van der Waals surface area contributed by atoms with Crippen LogP contribution in [0.4, 0.5) is 4.79 Å². The van der Waals surface area contributed by atoms with Gasteiger partial charge in [-0.1, -0.05) is 57.7 Å². The van der Waals surface area contributed by atoms with Gasteiger partial charge >= 0.3 is 12.1 Å². The molecule has 0 aliphatic rings. The van der Waals surface area contributed by atoms with Gasteiger partial charge in [-0.05, 0) is 16.5 Å². The maximum absolute atomic E-state index is 11.4. The lowest BCUT2D eigenvalue weighted by Gasteiger charge is -2.20. The number of aliphatic carboxylic acids is 1. The van der Waals surface area contributed by atoms with E-state index in [9.17, 15) is 14.7 Å². The van der Waals surface area contributed by atoms with Gasteiger partial charge in [-0.2, -0.15) is 0 Å². The highest BCUT2D eigenvalue weighted by atomic mass is 16.5. The maximum atomic E-state index is 11.4. The highest BCUT2D eigenvalue weighted by molar-refractivity contribution is 5.80. The second-order valence-corrected chi connectivity index (χ2v) is 6.07. The van der Waals surface area contributed by atoms with Crippen molar-refractivity contribution in [2.45, 2.75) is 38.6 Å². The molecule has 1 aromatic rings. The molecule has 1 rings (SSSR count). The van der Waals surface area contributed by atoms with E-state index in [1.807, 2.05) is 24.3 Å². The van der Waals surface area contributed by atoms with Gasteiger partial charge < -0.3 is 15.2 Å². The van der Waals surface area contributed by atoms with Crippen LogP contribution in [0.15, 0.2) is 36.9 Å². The molecule has 0 spiro atoms. The van der Waals surface area contributed by atoms with Crippen molar-refractivity contribution >= 4 is 12.1 Å². The molecular formula is C17H23NO4. The van der Waals surface area contributed by atoms with E-state index in [1.165, 1.54) is 11.6 Å². The van der Waals surface area contributed by atoms with E-state index in [0.29, 0.717) is 0 Å². The van der Waals surface area contributed by atoms with E-state index in [0.717, 1.165) is 5.56 Å². The summed E-state index contributed by atoms with van der Waals surface area (Å²) in [5.41, 5.74) is 2.04. The Hall–Kier alpha value is -2.30. The zero-order valence-corrected chi connectivity index (χ0v) is 13.3. The van der Waals surface area contributed by atoms with Gasteiger partial charge in [-0.25, -0.2) is 9.59 Å². The molecule has 22 heavy (non-hydrogen) atoms. The largest absolute Gasteiger partial charge is 0.480 e. The lowest BCUT2D eigenvalue weighted by atomic mass is 9.86. The predicted molar refractivity (Wildman–Crippen MR) is 85.0 cm³/mol. The summed E-state index contributed by atoms with van der Waals surface area (Å²) in [7, 11) is 0. The Labute approximate surface area is 131 Å². The van der Waals surface area contributed by atoms with Crippen molar-refractivity contribution in [2.75, 3.05) is 6.61 Å². The van der Waals surface area contributed by atoms with Gasteiger partial charge in [0.05, 0.1) is 0 Å². The number of benzene rings is 1. The number of carboxylic acid groups (broad SMARTS) is 1. The topological polar surface area (TPSA) is 75.6 Å². The summed E-state index contributed by atoms with van der Waals surface area (Å²) in [5, 5.41) is 11.5. The van der Waals surface area contributed by atoms with Gasteiger partial charge in [-0.15, -0.1) is 0 Å². The number of carbonyl (C=O) groups excluding carboxylic acids is 1. The molecule has 2 N–H and O–H groups in total. The summed E-state index contributed by atoms with van der Waals surface area (Å²) in [6.07, 6.45) is 0.849. The summed E-state index contributed by atoms with van der Waals surface area (Å²) in [6, 6.07) is 6.69. The van der Waals surface area contributed by atoms with Gasteiger partial charge in [0.1, 0.15) is 12.6 Å². The molecule has 0 aromatic heterocycles. The van der Waals surface area contributed by atoms with Crippen molar-refractivity contribution in [2.24, 2.45) is 0 Å². The molecule has 0 radical (unpaired) electrons. The first-order valence-corrected chi connectivity index (χ1v) is 7.10. The molecule has 1 amide bonds. The number of rotatable bonds is 6. The molecule has 0 aliphatic heterocycles. The first-order chi connectivity index (χ1) is 10.2. The third-order valence-electron chi connectivity index (χ3n) is 3.18. The van der Waals surface area contributed by atoms with Gasteiger partial charge in [0.2, 0.25) is 0 Å². The summed E-state index contributed by atoms with van der Waals surface area (Å²) in [6.45, 7) is 9.79. The SMILES string of the molecule is C=CCOC(=O)N[C@@H](Cc1ccc(C(C)(C)C)cc1)C(=O)O. The molecular weight excluding hydrogens is 282 g/mol. The zero-order chi connectivity index (χ0) is 16.8. The molecule has 0 bridgehead atoms. The molecule has 1 aromatic carbocycles. The number of nitrogens with one attached hydrogen (secondary N) is 1. The minimum Gasteiger partial charge on any atom is -0.480 e. The molecule has 0 aliphatic carbocycles. The summed E-state index contributed by atoms with van der Waals surface area (Å²) < 4.78 is 4.74. The molecule has 0 heterocycles. The highest BCUT2D eigenvalue weighted by Crippen LogP contribution is 2.22. The molecule has 0 saturated heterocycles. The van der Waals surface area contributed by atoms with Crippen LogP contribution in [0.2, 0.25) is 0 Å². The third-order valence-corrected chi connectivity index (χ3v) is 3.18. The van der Waals surface area contributed by atoms with Crippen LogP contribution in [0.5, 0.6) is 0 Å². The second kappa shape index (κ2) is 7.64. The Morgan fingerprint density at radius 1 is 1.32 bits per heavy atom. The lowest BCUT2D eigenvalue weighted by molar-refractivity contribution is -0.139. The fourth-order valence-electron chi connectivity index (χ4n) is 1.90. The van der Waals surface area contributed by atoms with Crippen molar-refractivity contribution in [3.63, 3.8) is 0 Å². The minimum absolute atomic E-state index is 0.0392. The summed E-state index contributed by atoms with van der Waals surface area (Å²) >= 11 is 0. The Bertz CT molecular complexity index is 529. The van der Waals surface area contributed by atoms with Crippen LogP contribution in [0.1, 0.15) is 31.9 Å². The molecule has 120 valence electrons. The van der Waals surface area contributed by atoms with Crippen molar-refractivity contribution in [3.8, 4) is 0 Å². The van der Waals surface area contributed by atoms with Gasteiger partial charge in [0.15, 0.2) is 0 Å². The van der Waals surface area contributed by atoms with Crippen LogP contribution in [0.25, 0.3) is 0 Å². The van der Waals surface area contributed by atoms with Gasteiger partial charge in [0, 0.05) is 6.42 Å². The standard InChI is InChI=1S/C17H23NO4/c1-5-10-22-16(21)18-14(15(19)20)11-12-6-8-13(9-7-12)17(2,3)4/h5-9,14H,1,10-11H2,2-4H3,(H,18,21)(H,19,20)/t14-/m0/s1. The van der Waals surface area contributed by atoms with E-state index < -0.39 is 18.1 Å². The normalized spacial score (nSPS) is 12.3. The molecule has 5 heteroatoms. The number of ether oxygens (including phenoxy) is 1. The number of carboxylic acids is 1. The first-order valence-electron chi connectivity index (χ1n) is 7.10. The highest BCUT2D eigenvalue weighted by Gasteiger charge is 2.21. The van der Waals surface area contributed by atoms with E-state index in [-0.39, 0.29) is 18.4 Å². The average Bonchev–Trinajstić information content (AvgIpc) is 2.44. The van der Waals surface area contributed by atoms with Crippen LogP contribution >= 0.6 is 0 Å². The minimum atomic E-state index is -1.10. The number of alkyl carbamates (subject to hydrolysis) is 1. The average molecular weight is 305 g/mol. The maximum Gasteiger partial charge on any atom is 0.408 e. The number of carbonyl (C=O) groups is 2. The molecule has 0 fully saturated rings. The van der Waals surface area contributed by atoms with Crippen LogP contribution < -0.4 is 5.32 Å². The van der Waals surface area contributed by atoms with Crippen LogP contribution in [-0.4, -0.2) is 29.8 Å². The van der Waals surface area contributed by atoms with Crippen molar-refractivity contribution in [1.82, 2.24) is 5.32 Å². The summed E-state index contributed by atoms with van der Waals surface area (Å²) in [4.78, 5) is 22.7. The molecule has 5 nitrogen and oxygen atoms in total. The fourth-order valence-corrected chi connectivity index (χ4v) is 1.90. The Morgan fingerprint density at radius 3 is 2.36 bits per heavy atom. The van der Waals surface area contributed by atoms with Gasteiger partial charge in [0.25, 0.3) is 0 Å². The van der Waals surface area contributed by atoms with E-state index in [4.69, 9.17) is 4.74 Å². The Balaban J connectivity index is 2.73. The quantitative estimate of drug-likeness (QED) is 0.792. The predicted octanol–water partition coefficient (Wildman–Crippen LogP) is 2.89. The van der Waals surface area contributed by atoms with Gasteiger partial charge in [-0.3, -0.25) is 0 Å². The summed E-state index contributed by atoms with van der Waals surface area (Å²) in [5.74, 6) is -1.10. The van der Waals surface area contributed by atoms with Crippen molar-refractivity contribution in [1.29, 1.82) is 0 Å². The van der Waals surface area contributed by atoms with Crippen LogP contribution in [0, 0.1) is 0 Å². The lowest BCUT2D eigenvalue weighted by Crippen LogP contribution is -2.42. The van der Waals surface area contributed by atoms with Crippen LogP contribution in [0.3, 0.4) is 0 Å². The Kier molecular flexibility index (Phi) is 6.16. The number of amides is 1. The van der Waals surface area contributed by atoms with Crippen molar-refractivity contribution < 1.29 is 19.4 Å². The number of hydrogen-bond donors (Lipinski definition) is 2. The monoisotopic (exact) mass is 305 g/mol. The Morgan fingerprint density at radius 2 is 1.91 bits per heavy atom. The van der Waals surface area contributed by atoms with E-state index in [1.54, 1.807) is 0 Å². The first kappa shape index (κ1) is 17.8.